The fourth-order valence-corrected chi connectivity index (χ4v) is 1.89. The van der Waals surface area contributed by atoms with Gasteiger partial charge in [-0.2, -0.15) is 0 Å². The van der Waals surface area contributed by atoms with E-state index in [0.29, 0.717) is 0 Å². The minimum Gasteiger partial charge on any atom is -0.406 e. The Labute approximate surface area is 117 Å². The van der Waals surface area contributed by atoms with E-state index >= 15 is 0 Å². The van der Waals surface area contributed by atoms with E-state index in [2.05, 4.69) is 4.74 Å². The Morgan fingerprint density at radius 1 is 0.950 bits per heavy atom. The number of rotatable bonds is 9. The first-order valence-corrected chi connectivity index (χ1v) is 6.93. The van der Waals surface area contributed by atoms with Gasteiger partial charge >= 0.3 is 6.36 Å². The Bertz CT molecular complexity index is 360. The van der Waals surface area contributed by atoms with Crippen molar-refractivity contribution in [3.05, 3.63) is 29.8 Å². The average Bonchev–Trinajstić information content (AvgIpc) is 2.38. The Morgan fingerprint density at radius 2 is 1.60 bits per heavy atom. The molecule has 2 nitrogen and oxygen atoms in total. The highest BCUT2D eigenvalue weighted by Crippen LogP contribution is 2.23. The van der Waals surface area contributed by atoms with Gasteiger partial charge in [-0.3, -0.25) is 0 Å². The molecule has 0 aromatic heterocycles. The number of halogens is 3. The summed E-state index contributed by atoms with van der Waals surface area (Å²) in [4.78, 5) is 0. The van der Waals surface area contributed by atoms with E-state index in [4.69, 9.17) is 4.74 Å². The Kier molecular flexibility index (Phi) is 7.44. The van der Waals surface area contributed by atoms with Gasteiger partial charge in [-0.1, -0.05) is 25.0 Å². The van der Waals surface area contributed by atoms with Crippen LogP contribution in [0, 0.1) is 0 Å². The van der Waals surface area contributed by atoms with E-state index < -0.39 is 6.36 Å². The summed E-state index contributed by atoms with van der Waals surface area (Å²) in [5.41, 5.74) is 1.03. The molecule has 0 saturated heterocycles. The van der Waals surface area contributed by atoms with E-state index in [1.807, 2.05) is 6.92 Å². The molecule has 0 saturated carbocycles. The van der Waals surface area contributed by atoms with Gasteiger partial charge in [-0.25, -0.2) is 0 Å². The molecule has 1 rings (SSSR count). The third-order valence-electron chi connectivity index (χ3n) is 2.87. The lowest BCUT2D eigenvalue weighted by molar-refractivity contribution is -0.274. The molecule has 0 aliphatic carbocycles. The summed E-state index contributed by atoms with van der Waals surface area (Å²) in [6, 6.07) is 6.08. The monoisotopic (exact) mass is 290 g/mol. The second kappa shape index (κ2) is 8.84. The summed E-state index contributed by atoms with van der Waals surface area (Å²) in [5.74, 6) is -0.169. The highest BCUT2D eigenvalue weighted by molar-refractivity contribution is 5.27. The molecule has 1 aromatic carbocycles. The molecule has 0 aliphatic heterocycles. The van der Waals surface area contributed by atoms with Crippen molar-refractivity contribution in [1.82, 2.24) is 0 Å². The SMILES string of the molecule is CCOCCCCCCc1ccc(OC(F)(F)F)cc1. The predicted molar refractivity (Wildman–Crippen MR) is 71.8 cm³/mol. The van der Waals surface area contributed by atoms with Gasteiger partial charge in [0.15, 0.2) is 0 Å². The molecular formula is C15H21F3O2. The Morgan fingerprint density at radius 3 is 2.20 bits per heavy atom. The average molecular weight is 290 g/mol. The third-order valence-corrected chi connectivity index (χ3v) is 2.87. The predicted octanol–water partition coefficient (Wildman–Crippen LogP) is 4.72. The molecule has 0 heterocycles. The minimum atomic E-state index is -4.62. The highest BCUT2D eigenvalue weighted by Gasteiger charge is 2.30. The van der Waals surface area contributed by atoms with Crippen LogP contribution in [-0.4, -0.2) is 19.6 Å². The number of hydrogen-bond acceptors (Lipinski definition) is 2. The van der Waals surface area contributed by atoms with Crippen molar-refractivity contribution in [2.45, 2.75) is 45.4 Å². The lowest BCUT2D eigenvalue weighted by Crippen LogP contribution is -2.17. The molecule has 0 N–H and O–H groups in total. The molecule has 0 amide bonds. The topological polar surface area (TPSA) is 18.5 Å². The van der Waals surface area contributed by atoms with Crippen molar-refractivity contribution in [3.63, 3.8) is 0 Å². The quantitative estimate of drug-likeness (QED) is 0.612. The second-order valence-electron chi connectivity index (χ2n) is 4.55. The normalized spacial score (nSPS) is 11.6. The van der Waals surface area contributed by atoms with Crippen molar-refractivity contribution in [1.29, 1.82) is 0 Å². The molecule has 20 heavy (non-hydrogen) atoms. The van der Waals surface area contributed by atoms with Gasteiger partial charge < -0.3 is 9.47 Å². The molecule has 0 aliphatic rings. The fraction of sp³-hybridized carbons (Fsp3) is 0.600. The van der Waals surface area contributed by atoms with Gasteiger partial charge in [-0.15, -0.1) is 13.2 Å². The molecule has 0 bridgehead atoms. The summed E-state index contributed by atoms with van der Waals surface area (Å²) in [6.45, 7) is 3.54. The number of aryl methyl sites for hydroxylation is 1. The third kappa shape index (κ3) is 8.04. The van der Waals surface area contributed by atoms with Crippen LogP contribution in [0.4, 0.5) is 13.2 Å². The number of ether oxygens (including phenoxy) is 2. The zero-order valence-electron chi connectivity index (χ0n) is 11.7. The molecule has 0 unspecified atom stereocenters. The van der Waals surface area contributed by atoms with Gasteiger partial charge in [0.2, 0.25) is 0 Å². The zero-order valence-corrected chi connectivity index (χ0v) is 11.7. The first kappa shape index (κ1) is 16.8. The standard InChI is InChI=1S/C15H21F3O2/c1-2-19-12-6-4-3-5-7-13-8-10-14(11-9-13)20-15(16,17)18/h8-11H,2-7,12H2,1H3. The molecule has 1 aromatic rings. The van der Waals surface area contributed by atoms with Crippen LogP contribution in [0.25, 0.3) is 0 Å². The number of alkyl halides is 3. The van der Waals surface area contributed by atoms with Crippen molar-refractivity contribution in [2.24, 2.45) is 0 Å². The largest absolute Gasteiger partial charge is 0.573 e. The van der Waals surface area contributed by atoms with Crippen molar-refractivity contribution >= 4 is 0 Å². The molecule has 0 fully saturated rings. The summed E-state index contributed by atoms with van der Waals surface area (Å²) < 4.78 is 45.0. The molecule has 0 radical (unpaired) electrons. The molecule has 0 atom stereocenters. The second-order valence-corrected chi connectivity index (χ2v) is 4.55. The Hall–Kier alpha value is -1.23. The van der Waals surface area contributed by atoms with Crippen LogP contribution < -0.4 is 4.74 Å². The smallest absolute Gasteiger partial charge is 0.406 e. The van der Waals surface area contributed by atoms with E-state index in [1.165, 1.54) is 12.1 Å². The van der Waals surface area contributed by atoms with Gasteiger partial charge in [0, 0.05) is 13.2 Å². The van der Waals surface area contributed by atoms with Crippen molar-refractivity contribution in [3.8, 4) is 5.75 Å². The van der Waals surface area contributed by atoms with Crippen molar-refractivity contribution < 1.29 is 22.6 Å². The zero-order chi connectivity index (χ0) is 14.8. The van der Waals surface area contributed by atoms with Crippen LogP contribution in [0.1, 0.15) is 38.2 Å². The van der Waals surface area contributed by atoms with E-state index in [1.54, 1.807) is 12.1 Å². The van der Waals surface area contributed by atoms with Crippen LogP contribution in [-0.2, 0) is 11.2 Å². The maximum Gasteiger partial charge on any atom is 0.573 e. The van der Waals surface area contributed by atoms with E-state index in [9.17, 15) is 13.2 Å². The van der Waals surface area contributed by atoms with Gasteiger partial charge in [0.25, 0.3) is 0 Å². The van der Waals surface area contributed by atoms with Gasteiger partial charge in [-0.05, 0) is 43.9 Å². The first-order valence-electron chi connectivity index (χ1n) is 6.93. The van der Waals surface area contributed by atoms with Gasteiger partial charge in [0.1, 0.15) is 5.75 Å². The number of benzene rings is 1. The molecule has 5 heteroatoms. The van der Waals surface area contributed by atoms with Crippen LogP contribution in [0.15, 0.2) is 24.3 Å². The number of unbranched alkanes of at least 4 members (excludes halogenated alkanes) is 3. The summed E-state index contributed by atoms with van der Waals surface area (Å²) in [6.07, 6.45) is 0.573. The van der Waals surface area contributed by atoms with E-state index in [0.717, 1.165) is 50.9 Å². The van der Waals surface area contributed by atoms with Crippen LogP contribution in [0.5, 0.6) is 5.75 Å². The molecule has 0 spiro atoms. The van der Waals surface area contributed by atoms with E-state index in [-0.39, 0.29) is 5.75 Å². The number of hydrogen-bond donors (Lipinski definition) is 0. The lowest BCUT2D eigenvalue weighted by atomic mass is 10.1. The summed E-state index contributed by atoms with van der Waals surface area (Å²) in [7, 11) is 0. The first-order chi connectivity index (χ1) is 9.51. The maximum atomic E-state index is 12.0. The fourth-order valence-electron chi connectivity index (χ4n) is 1.89. The Balaban J connectivity index is 2.18. The van der Waals surface area contributed by atoms with Crippen molar-refractivity contribution in [2.75, 3.05) is 13.2 Å². The van der Waals surface area contributed by atoms with Crippen LogP contribution >= 0.6 is 0 Å². The van der Waals surface area contributed by atoms with Crippen LogP contribution in [0.3, 0.4) is 0 Å². The molecular weight excluding hydrogens is 269 g/mol. The van der Waals surface area contributed by atoms with Crippen LogP contribution in [0.2, 0.25) is 0 Å². The maximum absolute atomic E-state index is 12.0. The lowest BCUT2D eigenvalue weighted by Gasteiger charge is -2.09. The highest BCUT2D eigenvalue weighted by atomic mass is 19.4. The summed E-state index contributed by atoms with van der Waals surface area (Å²) >= 11 is 0. The minimum absolute atomic E-state index is 0.169. The molecule has 114 valence electrons. The van der Waals surface area contributed by atoms with Gasteiger partial charge in [0.05, 0.1) is 0 Å². The summed E-state index contributed by atoms with van der Waals surface area (Å²) in [5, 5.41) is 0.